The molecule has 0 aromatic carbocycles. The number of nitrogens with zero attached hydrogens (tertiary/aromatic N) is 1. The van der Waals surface area contributed by atoms with Crippen molar-refractivity contribution in [1.29, 1.82) is 0 Å². The van der Waals surface area contributed by atoms with Crippen LogP contribution in [0.3, 0.4) is 0 Å². The van der Waals surface area contributed by atoms with Crippen LogP contribution >= 0.6 is 0 Å². The maximum absolute atomic E-state index is 12.3. The van der Waals surface area contributed by atoms with Crippen LogP contribution in [0.25, 0.3) is 0 Å². The lowest BCUT2D eigenvalue weighted by Gasteiger charge is -2.38. The third kappa shape index (κ3) is 5.68. The second-order valence-corrected chi connectivity index (χ2v) is 7.53. The number of rotatable bonds is 5. The largest absolute Gasteiger partial charge is 0.466 e. The summed E-state index contributed by atoms with van der Waals surface area (Å²) in [5, 5.41) is 3.50. The number of carbonyl (C=O) groups excluding carboxylic acids is 2. The van der Waals surface area contributed by atoms with E-state index in [4.69, 9.17) is 9.47 Å². The van der Waals surface area contributed by atoms with E-state index in [9.17, 15) is 9.59 Å². The molecule has 2 atom stereocenters. The Morgan fingerprint density at radius 1 is 1.22 bits per heavy atom. The smallest absolute Gasteiger partial charge is 0.410 e. The summed E-state index contributed by atoms with van der Waals surface area (Å²) in [5.41, 5.74) is -0.530. The molecule has 1 amide bonds. The fourth-order valence-corrected chi connectivity index (χ4v) is 2.82. The fraction of sp³-hybridized carbons (Fsp3) is 0.882. The number of ether oxygens (including phenoxy) is 2. The summed E-state index contributed by atoms with van der Waals surface area (Å²) in [6.07, 6.45) is 2.93. The lowest BCUT2D eigenvalue weighted by molar-refractivity contribution is -0.150. The Morgan fingerprint density at radius 3 is 2.48 bits per heavy atom. The Bertz CT molecular complexity index is 429. The molecule has 2 aliphatic rings. The van der Waals surface area contributed by atoms with Gasteiger partial charge < -0.3 is 19.7 Å². The van der Waals surface area contributed by atoms with Gasteiger partial charge in [0.25, 0.3) is 0 Å². The summed E-state index contributed by atoms with van der Waals surface area (Å²) >= 11 is 0. The average molecular weight is 326 g/mol. The third-order valence-corrected chi connectivity index (χ3v) is 4.22. The summed E-state index contributed by atoms with van der Waals surface area (Å²) in [4.78, 5) is 26.2. The first-order valence-corrected chi connectivity index (χ1v) is 8.68. The van der Waals surface area contributed by atoms with Crippen molar-refractivity contribution in [2.24, 2.45) is 11.8 Å². The molecule has 6 nitrogen and oxygen atoms in total. The number of nitrogens with one attached hydrogen (secondary N) is 1. The molecule has 2 fully saturated rings. The van der Waals surface area contributed by atoms with Gasteiger partial charge in [0.1, 0.15) is 5.60 Å². The van der Waals surface area contributed by atoms with E-state index in [0.29, 0.717) is 19.7 Å². The van der Waals surface area contributed by atoms with Gasteiger partial charge in [-0.3, -0.25) is 4.79 Å². The molecule has 1 saturated heterocycles. The number of likely N-dealkylation sites (tertiary alicyclic amines) is 1. The highest BCUT2D eigenvalue weighted by molar-refractivity contribution is 5.75. The van der Waals surface area contributed by atoms with Crippen molar-refractivity contribution >= 4 is 12.1 Å². The molecular weight excluding hydrogens is 296 g/mol. The highest BCUT2D eigenvalue weighted by Crippen LogP contribution is 2.29. The first-order valence-electron chi connectivity index (χ1n) is 8.68. The monoisotopic (exact) mass is 326 g/mol. The van der Waals surface area contributed by atoms with E-state index in [1.165, 1.54) is 12.8 Å². The summed E-state index contributed by atoms with van der Waals surface area (Å²) in [6, 6.07) is 0.0772. The van der Waals surface area contributed by atoms with Crippen molar-refractivity contribution in [2.45, 2.75) is 58.6 Å². The predicted molar refractivity (Wildman–Crippen MR) is 87.1 cm³/mol. The quantitative estimate of drug-likeness (QED) is 0.784. The molecule has 1 N–H and O–H groups in total. The molecule has 2 unspecified atom stereocenters. The van der Waals surface area contributed by atoms with Gasteiger partial charge in [0, 0.05) is 19.1 Å². The highest BCUT2D eigenvalue weighted by Gasteiger charge is 2.38. The zero-order chi connectivity index (χ0) is 17.0. The molecule has 0 spiro atoms. The first kappa shape index (κ1) is 18.0. The van der Waals surface area contributed by atoms with Crippen molar-refractivity contribution in [1.82, 2.24) is 10.2 Å². The lowest BCUT2D eigenvalue weighted by Crippen LogP contribution is -2.55. The maximum atomic E-state index is 12.3. The number of esters is 1. The van der Waals surface area contributed by atoms with Crippen LogP contribution in [0.2, 0.25) is 0 Å². The SMILES string of the molecule is CCOC(=O)C1CN(C(=O)OC(C)(C)C)CCC1NCC1CC1. The summed E-state index contributed by atoms with van der Waals surface area (Å²) in [6.45, 7) is 9.61. The van der Waals surface area contributed by atoms with Crippen LogP contribution in [0.5, 0.6) is 0 Å². The standard InChI is InChI=1S/C17H30N2O4/c1-5-22-15(20)13-11-19(16(21)23-17(2,3)4)9-8-14(13)18-10-12-6-7-12/h12-14,18H,5-11H2,1-4H3. The van der Waals surface area contributed by atoms with E-state index < -0.39 is 5.60 Å². The Hall–Kier alpha value is -1.30. The Balaban J connectivity index is 1.96. The van der Waals surface area contributed by atoms with E-state index in [2.05, 4.69) is 5.32 Å². The number of amides is 1. The zero-order valence-corrected chi connectivity index (χ0v) is 14.8. The fourth-order valence-electron chi connectivity index (χ4n) is 2.82. The predicted octanol–water partition coefficient (Wildman–Crippen LogP) is 2.17. The number of carbonyl (C=O) groups is 2. The second-order valence-electron chi connectivity index (χ2n) is 7.53. The zero-order valence-electron chi connectivity index (χ0n) is 14.8. The van der Waals surface area contributed by atoms with Gasteiger partial charge in [-0.05, 0) is 59.4 Å². The van der Waals surface area contributed by atoms with Gasteiger partial charge in [-0.2, -0.15) is 0 Å². The molecule has 2 rings (SSSR count). The van der Waals surface area contributed by atoms with Crippen LogP contribution in [0, 0.1) is 11.8 Å². The van der Waals surface area contributed by atoms with Crippen LogP contribution in [-0.2, 0) is 14.3 Å². The maximum Gasteiger partial charge on any atom is 0.410 e. The minimum Gasteiger partial charge on any atom is -0.466 e. The normalized spacial score (nSPS) is 25.1. The van der Waals surface area contributed by atoms with Gasteiger partial charge >= 0.3 is 12.1 Å². The second kappa shape index (κ2) is 7.51. The van der Waals surface area contributed by atoms with Crippen molar-refractivity contribution < 1.29 is 19.1 Å². The molecule has 0 aromatic rings. The van der Waals surface area contributed by atoms with E-state index in [-0.39, 0.29) is 24.0 Å². The van der Waals surface area contributed by atoms with Crippen LogP contribution in [0.15, 0.2) is 0 Å². The molecular formula is C17H30N2O4. The van der Waals surface area contributed by atoms with Crippen molar-refractivity contribution in [3.63, 3.8) is 0 Å². The molecule has 23 heavy (non-hydrogen) atoms. The number of piperidine rings is 1. The van der Waals surface area contributed by atoms with E-state index in [1.807, 2.05) is 20.8 Å². The van der Waals surface area contributed by atoms with E-state index in [1.54, 1.807) is 11.8 Å². The van der Waals surface area contributed by atoms with Gasteiger partial charge in [-0.1, -0.05) is 0 Å². The van der Waals surface area contributed by atoms with E-state index >= 15 is 0 Å². The van der Waals surface area contributed by atoms with Crippen LogP contribution in [0.4, 0.5) is 4.79 Å². The summed E-state index contributed by atoms with van der Waals surface area (Å²) in [7, 11) is 0. The van der Waals surface area contributed by atoms with Gasteiger partial charge in [0.2, 0.25) is 0 Å². The van der Waals surface area contributed by atoms with Crippen molar-refractivity contribution in [2.75, 3.05) is 26.2 Å². The van der Waals surface area contributed by atoms with Crippen LogP contribution < -0.4 is 5.32 Å². The minimum atomic E-state index is -0.530. The average Bonchev–Trinajstić information content (AvgIpc) is 3.27. The van der Waals surface area contributed by atoms with Gasteiger partial charge in [-0.15, -0.1) is 0 Å². The Labute approximate surface area is 138 Å². The first-order chi connectivity index (χ1) is 10.8. The van der Waals surface area contributed by atoms with Gasteiger partial charge in [-0.25, -0.2) is 4.79 Å². The molecule has 1 aliphatic heterocycles. The van der Waals surface area contributed by atoms with E-state index in [0.717, 1.165) is 18.9 Å². The molecule has 1 aliphatic carbocycles. The Kier molecular flexibility index (Phi) is 5.89. The lowest BCUT2D eigenvalue weighted by atomic mass is 9.92. The molecule has 1 heterocycles. The molecule has 6 heteroatoms. The molecule has 0 aromatic heterocycles. The van der Waals surface area contributed by atoms with Gasteiger partial charge in [0.05, 0.1) is 12.5 Å². The molecule has 132 valence electrons. The van der Waals surface area contributed by atoms with Crippen LogP contribution in [0.1, 0.15) is 47.0 Å². The molecule has 1 saturated carbocycles. The third-order valence-electron chi connectivity index (χ3n) is 4.22. The summed E-state index contributed by atoms with van der Waals surface area (Å²) < 4.78 is 10.6. The van der Waals surface area contributed by atoms with Crippen molar-refractivity contribution in [3.05, 3.63) is 0 Å². The highest BCUT2D eigenvalue weighted by atomic mass is 16.6. The Morgan fingerprint density at radius 2 is 1.91 bits per heavy atom. The van der Waals surface area contributed by atoms with Crippen LogP contribution in [-0.4, -0.2) is 54.8 Å². The molecule has 0 radical (unpaired) electrons. The number of hydrogen-bond donors (Lipinski definition) is 1. The number of hydrogen-bond acceptors (Lipinski definition) is 5. The van der Waals surface area contributed by atoms with Gasteiger partial charge in [0.15, 0.2) is 0 Å². The van der Waals surface area contributed by atoms with Crippen molar-refractivity contribution in [3.8, 4) is 0 Å². The molecule has 0 bridgehead atoms. The summed E-state index contributed by atoms with van der Waals surface area (Å²) in [5.74, 6) is 0.200. The minimum absolute atomic E-state index is 0.0772. The topological polar surface area (TPSA) is 67.9 Å².